The van der Waals surface area contributed by atoms with E-state index in [1.165, 1.54) is 30.4 Å². The molecule has 0 radical (unpaired) electrons. The highest BCUT2D eigenvalue weighted by Crippen LogP contribution is 2.44. The summed E-state index contributed by atoms with van der Waals surface area (Å²) in [7, 11) is 0. The Kier molecular flexibility index (Phi) is 3.34. The van der Waals surface area contributed by atoms with Gasteiger partial charge in [0.2, 0.25) is 0 Å². The molecule has 5 heteroatoms. The Balaban J connectivity index is 1.43. The summed E-state index contributed by atoms with van der Waals surface area (Å²) in [6.07, 6.45) is 5.48. The largest absolute Gasteiger partial charge is 0.359 e. The minimum absolute atomic E-state index is 0.582. The Morgan fingerprint density at radius 3 is 3.00 bits per heavy atom. The van der Waals surface area contributed by atoms with E-state index in [1.54, 1.807) is 11.3 Å². The third kappa shape index (κ3) is 2.64. The zero-order valence-electron chi connectivity index (χ0n) is 12.1. The summed E-state index contributed by atoms with van der Waals surface area (Å²) < 4.78 is 1.21. The van der Waals surface area contributed by atoms with Crippen LogP contribution in [0.4, 0.5) is 5.69 Å². The quantitative estimate of drug-likeness (QED) is 0.818. The van der Waals surface area contributed by atoms with Crippen molar-refractivity contribution in [2.75, 3.05) is 5.32 Å². The Hall–Kier alpha value is -1.20. The second kappa shape index (κ2) is 5.21. The molecular formula is C16H19N3S2. The highest BCUT2D eigenvalue weighted by atomic mass is 32.1. The van der Waals surface area contributed by atoms with Crippen LogP contribution in [0.2, 0.25) is 0 Å². The van der Waals surface area contributed by atoms with Gasteiger partial charge < -0.3 is 10.6 Å². The van der Waals surface area contributed by atoms with E-state index >= 15 is 0 Å². The average Bonchev–Trinajstić information content (AvgIpc) is 3.11. The number of anilines is 1. The number of nitrogens with zero attached hydrogens (tertiary/aromatic N) is 1. The van der Waals surface area contributed by atoms with Crippen molar-refractivity contribution in [3.8, 4) is 0 Å². The summed E-state index contributed by atoms with van der Waals surface area (Å²) in [6, 6.07) is 6.82. The van der Waals surface area contributed by atoms with Crippen LogP contribution in [0.25, 0.3) is 10.2 Å². The molecule has 4 rings (SSSR count). The molecule has 0 saturated heterocycles. The van der Waals surface area contributed by atoms with Gasteiger partial charge >= 0.3 is 0 Å². The number of aromatic nitrogens is 1. The van der Waals surface area contributed by atoms with Crippen molar-refractivity contribution in [1.29, 1.82) is 0 Å². The van der Waals surface area contributed by atoms with Crippen molar-refractivity contribution in [2.45, 2.75) is 38.6 Å². The third-order valence-corrected chi connectivity index (χ3v) is 5.96. The predicted octanol–water partition coefficient (Wildman–Crippen LogP) is 4.08. The topological polar surface area (TPSA) is 37.0 Å². The molecule has 1 aromatic heterocycles. The second-order valence-corrected chi connectivity index (χ2v) is 7.94. The lowest BCUT2D eigenvalue weighted by molar-refractivity contribution is 0.392. The molecule has 0 amide bonds. The van der Waals surface area contributed by atoms with Crippen molar-refractivity contribution in [3.05, 3.63) is 23.2 Å². The van der Waals surface area contributed by atoms with Crippen LogP contribution in [0, 0.1) is 18.8 Å². The summed E-state index contributed by atoms with van der Waals surface area (Å²) in [6.45, 7) is 2.04. The van der Waals surface area contributed by atoms with Gasteiger partial charge in [-0.25, -0.2) is 4.98 Å². The minimum Gasteiger partial charge on any atom is -0.359 e. The van der Waals surface area contributed by atoms with Crippen LogP contribution in [0.1, 0.15) is 30.7 Å². The van der Waals surface area contributed by atoms with Gasteiger partial charge in [0.15, 0.2) is 5.11 Å². The molecule has 3 unspecified atom stereocenters. The van der Waals surface area contributed by atoms with E-state index in [1.807, 2.05) is 6.92 Å². The Labute approximate surface area is 134 Å². The molecule has 2 fully saturated rings. The summed E-state index contributed by atoms with van der Waals surface area (Å²) in [5.74, 6) is 1.77. The zero-order valence-corrected chi connectivity index (χ0v) is 13.7. The molecular weight excluding hydrogens is 298 g/mol. The van der Waals surface area contributed by atoms with Gasteiger partial charge in [-0.3, -0.25) is 0 Å². The standard InChI is InChI=1S/C16H19N3S2/c1-9-17-13-5-4-12(8-15(13)21-9)18-16(20)19-14-7-10-2-3-11(14)6-10/h4-5,8,10-11,14H,2-3,6-7H2,1H3,(H2,18,19,20). The molecule has 2 aliphatic rings. The average molecular weight is 317 g/mol. The Morgan fingerprint density at radius 2 is 2.24 bits per heavy atom. The fourth-order valence-corrected chi connectivity index (χ4v) is 5.01. The van der Waals surface area contributed by atoms with Crippen LogP contribution in [0.3, 0.4) is 0 Å². The first-order valence-corrected chi connectivity index (χ1v) is 8.84. The first kappa shape index (κ1) is 13.5. The molecule has 3 nitrogen and oxygen atoms in total. The highest BCUT2D eigenvalue weighted by Gasteiger charge is 2.39. The number of thiazole rings is 1. The van der Waals surface area contributed by atoms with E-state index in [0.29, 0.717) is 6.04 Å². The van der Waals surface area contributed by atoms with Crippen molar-refractivity contribution < 1.29 is 0 Å². The summed E-state index contributed by atoms with van der Waals surface area (Å²) >= 11 is 7.20. The van der Waals surface area contributed by atoms with Gasteiger partial charge in [-0.1, -0.05) is 6.42 Å². The number of aryl methyl sites for hydroxylation is 1. The molecule has 110 valence electrons. The number of hydrogen-bond donors (Lipinski definition) is 2. The summed E-state index contributed by atoms with van der Waals surface area (Å²) in [4.78, 5) is 4.48. The number of fused-ring (bicyclic) bond motifs is 3. The maximum atomic E-state index is 5.48. The van der Waals surface area contributed by atoms with Crippen molar-refractivity contribution >= 4 is 44.6 Å². The van der Waals surface area contributed by atoms with Crippen LogP contribution in [-0.4, -0.2) is 16.1 Å². The number of benzene rings is 1. The number of rotatable bonds is 2. The molecule has 2 aromatic rings. The van der Waals surface area contributed by atoms with Crippen LogP contribution in [0.5, 0.6) is 0 Å². The van der Waals surface area contributed by atoms with Gasteiger partial charge in [-0.05, 0) is 68.4 Å². The third-order valence-electron chi connectivity index (χ3n) is 4.81. The lowest BCUT2D eigenvalue weighted by Gasteiger charge is -2.24. The van der Waals surface area contributed by atoms with Crippen LogP contribution < -0.4 is 10.6 Å². The summed E-state index contributed by atoms with van der Waals surface area (Å²) in [5.41, 5.74) is 2.11. The molecule has 3 atom stereocenters. The van der Waals surface area contributed by atoms with Gasteiger partial charge in [-0.2, -0.15) is 0 Å². The Bertz CT molecular complexity index is 694. The van der Waals surface area contributed by atoms with E-state index < -0.39 is 0 Å². The molecule has 2 saturated carbocycles. The first-order chi connectivity index (χ1) is 10.2. The number of thiocarbonyl (C=S) groups is 1. The van der Waals surface area contributed by atoms with E-state index in [-0.39, 0.29) is 0 Å². The summed E-state index contributed by atoms with van der Waals surface area (Å²) in [5, 5.41) is 8.71. The van der Waals surface area contributed by atoms with Crippen molar-refractivity contribution in [2.24, 2.45) is 11.8 Å². The van der Waals surface area contributed by atoms with E-state index in [0.717, 1.165) is 33.2 Å². The lowest BCUT2D eigenvalue weighted by Crippen LogP contribution is -2.40. The van der Waals surface area contributed by atoms with E-state index in [4.69, 9.17) is 12.2 Å². The van der Waals surface area contributed by atoms with Gasteiger partial charge in [0.25, 0.3) is 0 Å². The van der Waals surface area contributed by atoms with Crippen molar-refractivity contribution in [3.63, 3.8) is 0 Å². The molecule has 2 N–H and O–H groups in total. The van der Waals surface area contributed by atoms with Crippen LogP contribution in [-0.2, 0) is 0 Å². The second-order valence-electron chi connectivity index (χ2n) is 6.30. The molecule has 2 bridgehead atoms. The molecule has 0 aliphatic heterocycles. The SMILES string of the molecule is Cc1nc2ccc(NC(=S)NC3CC4CCC3C4)cc2s1. The lowest BCUT2D eigenvalue weighted by atomic mass is 9.96. The fraction of sp³-hybridized carbons (Fsp3) is 0.500. The van der Waals surface area contributed by atoms with Crippen LogP contribution >= 0.6 is 23.6 Å². The minimum atomic E-state index is 0.582. The van der Waals surface area contributed by atoms with Gasteiger partial charge in [-0.15, -0.1) is 11.3 Å². The van der Waals surface area contributed by atoms with Crippen LogP contribution in [0.15, 0.2) is 18.2 Å². The van der Waals surface area contributed by atoms with Gasteiger partial charge in [0.1, 0.15) is 0 Å². The number of nitrogens with one attached hydrogen (secondary N) is 2. The zero-order chi connectivity index (χ0) is 14.4. The molecule has 1 aromatic carbocycles. The Morgan fingerprint density at radius 1 is 1.33 bits per heavy atom. The van der Waals surface area contributed by atoms with Gasteiger partial charge in [0, 0.05) is 11.7 Å². The fourth-order valence-electron chi connectivity index (χ4n) is 3.87. The van der Waals surface area contributed by atoms with Gasteiger partial charge in [0.05, 0.1) is 15.2 Å². The molecule has 1 heterocycles. The first-order valence-electron chi connectivity index (χ1n) is 7.62. The smallest absolute Gasteiger partial charge is 0.171 e. The normalized spacial score (nSPS) is 27.2. The van der Waals surface area contributed by atoms with Crippen molar-refractivity contribution in [1.82, 2.24) is 10.3 Å². The molecule has 21 heavy (non-hydrogen) atoms. The predicted molar refractivity (Wildman–Crippen MR) is 92.9 cm³/mol. The van der Waals surface area contributed by atoms with E-state index in [9.17, 15) is 0 Å². The number of hydrogen-bond acceptors (Lipinski definition) is 3. The maximum absolute atomic E-state index is 5.48. The highest BCUT2D eigenvalue weighted by molar-refractivity contribution is 7.80. The molecule has 2 aliphatic carbocycles. The van der Waals surface area contributed by atoms with E-state index in [2.05, 4.69) is 33.8 Å². The molecule has 0 spiro atoms. The maximum Gasteiger partial charge on any atom is 0.171 e. The monoisotopic (exact) mass is 317 g/mol.